The van der Waals surface area contributed by atoms with Crippen molar-refractivity contribution in [2.75, 3.05) is 11.9 Å². The van der Waals surface area contributed by atoms with Crippen LogP contribution in [0.1, 0.15) is 5.56 Å². The second kappa shape index (κ2) is 7.90. The third-order valence-corrected chi connectivity index (χ3v) is 5.24. The lowest BCUT2D eigenvalue weighted by atomic mass is 10.2. The van der Waals surface area contributed by atoms with Crippen molar-refractivity contribution >= 4 is 63.5 Å². The number of amides is 2. The van der Waals surface area contributed by atoms with Gasteiger partial charge in [0.25, 0.3) is 5.91 Å². The van der Waals surface area contributed by atoms with Crippen LogP contribution in [0.5, 0.6) is 5.75 Å². The summed E-state index contributed by atoms with van der Waals surface area (Å²) >= 11 is 12.5. The Labute approximate surface area is 164 Å². The molecule has 26 heavy (non-hydrogen) atoms. The molecule has 0 atom stereocenters. The molecule has 1 aliphatic rings. The van der Waals surface area contributed by atoms with Gasteiger partial charge in [-0.1, -0.05) is 53.8 Å². The summed E-state index contributed by atoms with van der Waals surface area (Å²) in [5.74, 6) is -0.614. The maximum atomic E-state index is 12.6. The van der Waals surface area contributed by atoms with Gasteiger partial charge in [0.2, 0.25) is 5.91 Å². The molecule has 8 heteroatoms. The summed E-state index contributed by atoms with van der Waals surface area (Å²) in [5, 5.41) is 12.4. The summed E-state index contributed by atoms with van der Waals surface area (Å²) in [7, 11) is 0. The maximum absolute atomic E-state index is 12.6. The molecule has 1 aliphatic heterocycles. The van der Waals surface area contributed by atoms with Crippen molar-refractivity contribution < 1.29 is 14.7 Å². The SMILES string of the molecule is O=C(CN1C(=O)/C(=C/c2ccccc2Cl)SC1=S)Nc1ccc(O)cc1. The van der Waals surface area contributed by atoms with Gasteiger partial charge in [-0.2, -0.15) is 0 Å². The molecule has 2 N–H and O–H groups in total. The van der Waals surface area contributed by atoms with E-state index in [-0.39, 0.29) is 24.1 Å². The first kappa shape index (κ1) is 18.4. The Hall–Kier alpha value is -2.35. The fraction of sp³-hybridized carbons (Fsp3) is 0.0556. The molecule has 1 heterocycles. The van der Waals surface area contributed by atoms with E-state index in [0.29, 0.717) is 25.5 Å². The van der Waals surface area contributed by atoms with Crippen LogP contribution in [0.3, 0.4) is 0 Å². The summed E-state index contributed by atoms with van der Waals surface area (Å²) in [6, 6.07) is 13.2. The van der Waals surface area contributed by atoms with Crippen molar-refractivity contribution in [1.82, 2.24) is 4.90 Å². The van der Waals surface area contributed by atoms with Gasteiger partial charge in [0.15, 0.2) is 0 Å². The molecule has 2 aromatic rings. The molecular weight excluding hydrogens is 392 g/mol. The first-order valence-electron chi connectivity index (χ1n) is 7.53. The molecule has 1 saturated heterocycles. The minimum absolute atomic E-state index is 0.102. The molecule has 1 fully saturated rings. The topological polar surface area (TPSA) is 69.6 Å². The van der Waals surface area contributed by atoms with Gasteiger partial charge < -0.3 is 10.4 Å². The molecule has 0 radical (unpaired) electrons. The van der Waals surface area contributed by atoms with E-state index in [4.69, 9.17) is 23.8 Å². The molecule has 5 nitrogen and oxygen atoms in total. The molecule has 2 amide bonds. The van der Waals surface area contributed by atoms with Gasteiger partial charge in [-0.15, -0.1) is 0 Å². The van der Waals surface area contributed by atoms with Gasteiger partial charge in [0, 0.05) is 10.7 Å². The van der Waals surface area contributed by atoms with Crippen LogP contribution in [0.25, 0.3) is 6.08 Å². The standard InChI is InChI=1S/C18H13ClN2O3S2/c19-14-4-2-1-3-11(14)9-15-17(24)21(18(25)26-15)10-16(23)20-12-5-7-13(22)8-6-12/h1-9,22H,10H2,(H,20,23)/b15-9-. The van der Waals surface area contributed by atoms with Crippen LogP contribution in [0.15, 0.2) is 53.4 Å². The third kappa shape index (κ3) is 4.24. The summed E-state index contributed by atoms with van der Waals surface area (Å²) in [4.78, 5) is 26.4. The van der Waals surface area contributed by atoms with Crippen LogP contribution < -0.4 is 5.32 Å². The normalized spacial score (nSPS) is 15.6. The number of carbonyl (C=O) groups excluding carboxylic acids is 2. The Morgan fingerprint density at radius 1 is 1.23 bits per heavy atom. The first-order valence-corrected chi connectivity index (χ1v) is 9.13. The Kier molecular flexibility index (Phi) is 5.61. The number of nitrogens with one attached hydrogen (secondary N) is 1. The number of hydrogen-bond acceptors (Lipinski definition) is 5. The minimum Gasteiger partial charge on any atom is -0.508 e. The van der Waals surface area contributed by atoms with E-state index in [9.17, 15) is 14.7 Å². The van der Waals surface area contributed by atoms with Crippen molar-refractivity contribution in [2.24, 2.45) is 0 Å². The molecule has 0 aromatic heterocycles. The number of halogens is 1. The van der Waals surface area contributed by atoms with Gasteiger partial charge in [-0.3, -0.25) is 14.5 Å². The lowest BCUT2D eigenvalue weighted by molar-refractivity contribution is -0.126. The number of phenolic OH excluding ortho intramolecular Hbond substituents is 1. The van der Waals surface area contributed by atoms with Gasteiger partial charge in [0.1, 0.15) is 16.6 Å². The number of thioether (sulfide) groups is 1. The zero-order valence-electron chi connectivity index (χ0n) is 13.3. The van der Waals surface area contributed by atoms with Crippen LogP contribution in [0.2, 0.25) is 5.02 Å². The summed E-state index contributed by atoms with van der Waals surface area (Å²) in [6.45, 7) is -0.189. The zero-order chi connectivity index (χ0) is 18.7. The summed E-state index contributed by atoms with van der Waals surface area (Å²) in [6.07, 6.45) is 1.67. The highest BCUT2D eigenvalue weighted by molar-refractivity contribution is 8.26. The molecule has 0 saturated carbocycles. The summed E-state index contributed by atoms with van der Waals surface area (Å²) in [5.41, 5.74) is 1.23. The Balaban J connectivity index is 1.70. The van der Waals surface area contributed by atoms with E-state index in [1.807, 2.05) is 6.07 Å². The molecule has 132 valence electrons. The van der Waals surface area contributed by atoms with E-state index >= 15 is 0 Å². The van der Waals surface area contributed by atoms with Crippen molar-refractivity contribution in [3.05, 3.63) is 64.0 Å². The van der Waals surface area contributed by atoms with Gasteiger partial charge in [0.05, 0.1) is 4.91 Å². The second-order valence-corrected chi connectivity index (χ2v) is 7.47. The number of hydrogen-bond donors (Lipinski definition) is 2. The Bertz CT molecular complexity index is 913. The van der Waals surface area contributed by atoms with Crippen LogP contribution in [-0.4, -0.2) is 32.7 Å². The van der Waals surface area contributed by atoms with Crippen LogP contribution in [0.4, 0.5) is 5.69 Å². The van der Waals surface area contributed by atoms with Crippen LogP contribution in [-0.2, 0) is 9.59 Å². The number of aromatic hydroxyl groups is 1. The van der Waals surface area contributed by atoms with Crippen LogP contribution >= 0.6 is 35.6 Å². The number of rotatable bonds is 4. The molecule has 0 aliphatic carbocycles. The molecule has 3 rings (SSSR count). The molecule has 0 unspecified atom stereocenters. The smallest absolute Gasteiger partial charge is 0.266 e. The number of carbonyl (C=O) groups is 2. The van der Waals surface area contributed by atoms with E-state index in [1.54, 1.807) is 36.4 Å². The third-order valence-electron chi connectivity index (χ3n) is 3.52. The van der Waals surface area contributed by atoms with Gasteiger partial charge in [-0.25, -0.2) is 0 Å². The number of anilines is 1. The van der Waals surface area contributed by atoms with Gasteiger partial charge >= 0.3 is 0 Å². The highest BCUT2D eigenvalue weighted by atomic mass is 35.5. The minimum atomic E-state index is -0.383. The first-order chi connectivity index (χ1) is 12.4. The Morgan fingerprint density at radius 2 is 1.92 bits per heavy atom. The molecule has 0 bridgehead atoms. The van der Waals surface area contributed by atoms with Crippen LogP contribution in [0, 0.1) is 0 Å². The Morgan fingerprint density at radius 3 is 2.62 bits per heavy atom. The molecule has 0 spiro atoms. The number of thiocarbonyl (C=S) groups is 1. The van der Waals surface area contributed by atoms with Crippen molar-refractivity contribution in [1.29, 1.82) is 0 Å². The van der Waals surface area contributed by atoms with Gasteiger partial charge in [-0.05, 0) is 42.0 Å². The maximum Gasteiger partial charge on any atom is 0.266 e. The highest BCUT2D eigenvalue weighted by Gasteiger charge is 2.33. The molecule has 2 aromatic carbocycles. The largest absolute Gasteiger partial charge is 0.508 e. The van der Waals surface area contributed by atoms with E-state index in [0.717, 1.165) is 11.8 Å². The fourth-order valence-electron chi connectivity index (χ4n) is 2.26. The predicted molar refractivity (Wildman–Crippen MR) is 108 cm³/mol. The lowest BCUT2D eigenvalue weighted by Crippen LogP contribution is -2.36. The summed E-state index contributed by atoms with van der Waals surface area (Å²) < 4.78 is 0.314. The van der Waals surface area contributed by atoms with Crippen molar-refractivity contribution in [2.45, 2.75) is 0 Å². The highest BCUT2D eigenvalue weighted by Crippen LogP contribution is 2.33. The fourth-order valence-corrected chi connectivity index (χ4v) is 3.69. The number of phenols is 1. The van der Waals surface area contributed by atoms with E-state index < -0.39 is 0 Å². The van der Waals surface area contributed by atoms with E-state index in [1.165, 1.54) is 17.0 Å². The number of benzene rings is 2. The average molecular weight is 405 g/mol. The predicted octanol–water partition coefficient (Wildman–Crippen LogP) is 3.89. The van der Waals surface area contributed by atoms with Crippen molar-refractivity contribution in [3.63, 3.8) is 0 Å². The van der Waals surface area contributed by atoms with Crippen molar-refractivity contribution in [3.8, 4) is 5.75 Å². The lowest BCUT2D eigenvalue weighted by Gasteiger charge is -2.14. The molecular formula is C18H13ClN2O3S2. The van der Waals surface area contributed by atoms with E-state index in [2.05, 4.69) is 5.32 Å². The second-order valence-electron chi connectivity index (χ2n) is 5.38. The zero-order valence-corrected chi connectivity index (χ0v) is 15.7. The monoisotopic (exact) mass is 404 g/mol. The quantitative estimate of drug-likeness (QED) is 0.459. The number of nitrogens with zero attached hydrogens (tertiary/aromatic N) is 1. The average Bonchev–Trinajstić information content (AvgIpc) is 2.86.